The molecule has 0 radical (unpaired) electrons. The molecule has 3 aromatic carbocycles. The number of aryl methyl sites for hydroxylation is 1. The molecular formula is C23H22N2O4. The Kier molecular flexibility index (Phi) is 6.58. The molecule has 0 saturated heterocycles. The number of hydrazine groups is 1. The molecule has 6 heteroatoms. The van der Waals surface area contributed by atoms with Gasteiger partial charge in [0.15, 0.2) is 0 Å². The number of nitrogens with one attached hydrogen (secondary N) is 2. The molecule has 2 amide bonds. The molecule has 0 aliphatic carbocycles. The van der Waals surface area contributed by atoms with Crippen LogP contribution >= 0.6 is 0 Å². The molecule has 0 fully saturated rings. The van der Waals surface area contributed by atoms with E-state index in [0.717, 1.165) is 21.9 Å². The van der Waals surface area contributed by atoms with E-state index in [9.17, 15) is 14.4 Å². The Labute approximate surface area is 168 Å². The van der Waals surface area contributed by atoms with Crippen LogP contribution in [0, 0.1) is 6.92 Å². The molecule has 0 unspecified atom stereocenters. The van der Waals surface area contributed by atoms with E-state index >= 15 is 0 Å². The van der Waals surface area contributed by atoms with Gasteiger partial charge in [0.05, 0.1) is 12.8 Å². The van der Waals surface area contributed by atoms with E-state index in [1.165, 1.54) is 0 Å². The van der Waals surface area contributed by atoms with Crippen LogP contribution in [0.4, 0.5) is 0 Å². The summed E-state index contributed by atoms with van der Waals surface area (Å²) in [7, 11) is 0. The standard InChI is InChI=1S/C23H22N2O4/c1-16-9-11-19(12-10-16)29-23(28)14-13-21(26)24-25-22(27)15-18-7-4-6-17-5-2-3-8-20(17)18/h2-12H,13-15H2,1H3,(H,24,26)(H,25,27). The maximum absolute atomic E-state index is 12.1. The minimum atomic E-state index is -0.508. The quantitative estimate of drug-likeness (QED) is 0.385. The van der Waals surface area contributed by atoms with Crippen molar-refractivity contribution in [1.29, 1.82) is 0 Å². The van der Waals surface area contributed by atoms with Crippen LogP contribution in [0.3, 0.4) is 0 Å². The van der Waals surface area contributed by atoms with Gasteiger partial charge in [0.2, 0.25) is 11.8 Å². The highest BCUT2D eigenvalue weighted by atomic mass is 16.5. The van der Waals surface area contributed by atoms with E-state index in [1.54, 1.807) is 12.1 Å². The van der Waals surface area contributed by atoms with Gasteiger partial charge in [-0.05, 0) is 35.4 Å². The first kappa shape index (κ1) is 20.1. The van der Waals surface area contributed by atoms with Crippen LogP contribution in [0.15, 0.2) is 66.7 Å². The molecular weight excluding hydrogens is 368 g/mol. The van der Waals surface area contributed by atoms with Crippen LogP contribution in [0.5, 0.6) is 5.75 Å². The molecule has 0 aromatic heterocycles. The molecule has 148 valence electrons. The van der Waals surface area contributed by atoms with Gasteiger partial charge in [-0.3, -0.25) is 25.2 Å². The highest BCUT2D eigenvalue weighted by Gasteiger charge is 2.11. The van der Waals surface area contributed by atoms with Gasteiger partial charge < -0.3 is 4.74 Å². The predicted molar refractivity (Wildman–Crippen MR) is 110 cm³/mol. The number of fused-ring (bicyclic) bond motifs is 1. The van der Waals surface area contributed by atoms with E-state index in [4.69, 9.17) is 4.74 Å². The Balaban J connectivity index is 1.42. The SMILES string of the molecule is Cc1ccc(OC(=O)CCC(=O)NNC(=O)Cc2cccc3ccccc23)cc1. The Hall–Kier alpha value is -3.67. The summed E-state index contributed by atoms with van der Waals surface area (Å²) in [4.78, 5) is 35.8. The lowest BCUT2D eigenvalue weighted by molar-refractivity contribution is -0.136. The van der Waals surface area contributed by atoms with Crippen molar-refractivity contribution in [1.82, 2.24) is 10.9 Å². The third kappa shape index (κ3) is 5.90. The number of carbonyl (C=O) groups excluding carboxylic acids is 3. The number of hydrogen-bond donors (Lipinski definition) is 2. The lowest BCUT2D eigenvalue weighted by atomic mass is 10.0. The molecule has 0 aliphatic heterocycles. The fraction of sp³-hybridized carbons (Fsp3) is 0.174. The van der Waals surface area contributed by atoms with Gasteiger partial charge in [-0.25, -0.2) is 0 Å². The van der Waals surface area contributed by atoms with Gasteiger partial charge in [-0.1, -0.05) is 60.2 Å². The van der Waals surface area contributed by atoms with E-state index in [0.29, 0.717) is 5.75 Å². The van der Waals surface area contributed by atoms with Crippen LogP contribution in [0.1, 0.15) is 24.0 Å². The van der Waals surface area contributed by atoms with Crippen molar-refractivity contribution in [3.05, 3.63) is 77.9 Å². The molecule has 3 rings (SSSR count). The monoisotopic (exact) mass is 390 g/mol. The Bertz CT molecular complexity index is 1020. The zero-order valence-corrected chi connectivity index (χ0v) is 16.1. The molecule has 0 aliphatic rings. The third-order valence-corrected chi connectivity index (χ3v) is 4.38. The Morgan fingerprint density at radius 1 is 0.793 bits per heavy atom. The number of carbonyl (C=O) groups is 3. The number of benzene rings is 3. The molecule has 0 heterocycles. The lowest BCUT2D eigenvalue weighted by Crippen LogP contribution is -2.42. The molecule has 0 atom stereocenters. The first-order chi connectivity index (χ1) is 14.0. The number of amides is 2. The van der Waals surface area contributed by atoms with E-state index in [-0.39, 0.29) is 25.2 Å². The van der Waals surface area contributed by atoms with Crippen molar-refractivity contribution in [3.8, 4) is 5.75 Å². The van der Waals surface area contributed by atoms with Gasteiger partial charge in [0.25, 0.3) is 0 Å². The van der Waals surface area contributed by atoms with Crippen molar-refractivity contribution < 1.29 is 19.1 Å². The maximum atomic E-state index is 12.1. The van der Waals surface area contributed by atoms with E-state index in [1.807, 2.05) is 61.5 Å². The molecule has 3 aromatic rings. The fourth-order valence-electron chi connectivity index (χ4n) is 2.87. The first-order valence-electron chi connectivity index (χ1n) is 9.33. The van der Waals surface area contributed by atoms with Gasteiger partial charge in [0, 0.05) is 6.42 Å². The van der Waals surface area contributed by atoms with Crippen molar-refractivity contribution in [2.45, 2.75) is 26.2 Å². The van der Waals surface area contributed by atoms with Gasteiger partial charge in [-0.2, -0.15) is 0 Å². The molecule has 2 N–H and O–H groups in total. The summed E-state index contributed by atoms with van der Waals surface area (Å²) >= 11 is 0. The molecule has 6 nitrogen and oxygen atoms in total. The number of esters is 1. The zero-order valence-electron chi connectivity index (χ0n) is 16.1. The topological polar surface area (TPSA) is 84.5 Å². The van der Waals surface area contributed by atoms with Crippen molar-refractivity contribution >= 4 is 28.6 Å². The summed E-state index contributed by atoms with van der Waals surface area (Å²) in [5, 5.41) is 2.05. The smallest absolute Gasteiger partial charge is 0.311 e. The molecule has 0 spiro atoms. The van der Waals surface area contributed by atoms with Crippen LogP contribution < -0.4 is 15.6 Å². The largest absolute Gasteiger partial charge is 0.427 e. The zero-order chi connectivity index (χ0) is 20.6. The van der Waals surface area contributed by atoms with E-state index in [2.05, 4.69) is 10.9 Å². The minimum Gasteiger partial charge on any atom is -0.427 e. The highest BCUT2D eigenvalue weighted by molar-refractivity contribution is 5.91. The van der Waals surface area contributed by atoms with Crippen LogP contribution in [0.25, 0.3) is 10.8 Å². The number of ether oxygens (including phenoxy) is 1. The maximum Gasteiger partial charge on any atom is 0.311 e. The second kappa shape index (κ2) is 9.50. The van der Waals surface area contributed by atoms with Crippen LogP contribution in [-0.4, -0.2) is 17.8 Å². The van der Waals surface area contributed by atoms with Crippen molar-refractivity contribution in [3.63, 3.8) is 0 Å². The minimum absolute atomic E-state index is 0.0841. The number of hydrogen-bond acceptors (Lipinski definition) is 4. The summed E-state index contributed by atoms with van der Waals surface area (Å²) < 4.78 is 5.16. The average Bonchev–Trinajstić information content (AvgIpc) is 2.73. The van der Waals surface area contributed by atoms with Crippen molar-refractivity contribution in [2.75, 3.05) is 0 Å². The lowest BCUT2D eigenvalue weighted by Gasteiger charge is -2.09. The predicted octanol–water partition coefficient (Wildman–Crippen LogP) is 3.22. The van der Waals surface area contributed by atoms with Gasteiger partial charge in [0.1, 0.15) is 5.75 Å². The summed E-state index contributed by atoms with van der Waals surface area (Å²) in [5.74, 6) is -0.871. The molecule has 0 bridgehead atoms. The Morgan fingerprint density at radius 3 is 2.28 bits per heavy atom. The first-order valence-corrected chi connectivity index (χ1v) is 9.33. The summed E-state index contributed by atoms with van der Waals surface area (Å²) in [6.07, 6.45) is -0.0325. The number of rotatable bonds is 6. The summed E-state index contributed by atoms with van der Waals surface area (Å²) in [5.41, 5.74) is 6.65. The summed E-state index contributed by atoms with van der Waals surface area (Å²) in [6.45, 7) is 1.94. The van der Waals surface area contributed by atoms with Gasteiger partial charge in [-0.15, -0.1) is 0 Å². The van der Waals surface area contributed by atoms with E-state index < -0.39 is 11.9 Å². The highest BCUT2D eigenvalue weighted by Crippen LogP contribution is 2.18. The van der Waals surface area contributed by atoms with Crippen molar-refractivity contribution in [2.24, 2.45) is 0 Å². The van der Waals surface area contributed by atoms with Gasteiger partial charge >= 0.3 is 5.97 Å². The normalized spacial score (nSPS) is 10.4. The fourth-order valence-corrected chi connectivity index (χ4v) is 2.87. The second-order valence-corrected chi connectivity index (χ2v) is 6.70. The average molecular weight is 390 g/mol. The van der Waals surface area contributed by atoms with Crippen LogP contribution in [0.2, 0.25) is 0 Å². The van der Waals surface area contributed by atoms with Crippen LogP contribution in [-0.2, 0) is 20.8 Å². The Morgan fingerprint density at radius 2 is 1.48 bits per heavy atom. The third-order valence-electron chi connectivity index (χ3n) is 4.38. The second-order valence-electron chi connectivity index (χ2n) is 6.70. The molecule has 29 heavy (non-hydrogen) atoms. The molecule has 0 saturated carbocycles. The summed E-state index contributed by atoms with van der Waals surface area (Å²) in [6, 6.07) is 20.6.